The molecule has 0 bridgehead atoms. The molecule has 5 heteroatoms. The molecule has 0 saturated heterocycles. The molecule has 1 N–H and O–H groups in total. The molecule has 24 heavy (non-hydrogen) atoms. The summed E-state index contributed by atoms with van der Waals surface area (Å²) in [6.45, 7) is 6.27. The Hall–Kier alpha value is -2.56. The monoisotopic (exact) mass is 331 g/mol. The Bertz CT molecular complexity index is 683. The van der Waals surface area contributed by atoms with Gasteiger partial charge in [0.15, 0.2) is 17.7 Å². The van der Waals surface area contributed by atoms with Crippen LogP contribution in [0.15, 0.2) is 42.5 Å². The van der Waals surface area contributed by atoms with Gasteiger partial charge >= 0.3 is 0 Å². The second kappa shape index (κ2) is 8.34. The summed E-state index contributed by atoms with van der Waals surface area (Å²) in [4.78, 5) is 12.0. The Morgan fingerprint density at radius 1 is 1.17 bits per heavy atom. The highest BCUT2D eigenvalue weighted by atomic mass is 19.1. The molecule has 0 spiro atoms. The minimum atomic E-state index is -0.789. The van der Waals surface area contributed by atoms with E-state index in [9.17, 15) is 9.18 Å². The maximum atomic E-state index is 13.5. The Kier molecular flexibility index (Phi) is 6.18. The van der Waals surface area contributed by atoms with E-state index in [-0.39, 0.29) is 11.7 Å². The number of benzene rings is 2. The number of amides is 1. The van der Waals surface area contributed by atoms with Crippen LogP contribution in [0.5, 0.6) is 11.5 Å². The van der Waals surface area contributed by atoms with Crippen molar-refractivity contribution < 1.29 is 18.7 Å². The fourth-order valence-electron chi connectivity index (χ4n) is 2.29. The SMILES string of the molecule is Cc1cc(C)cc(OCCNC(=O)[C@@H](C)Oc2ccccc2F)c1. The molecule has 4 nitrogen and oxygen atoms in total. The number of nitrogens with one attached hydrogen (secondary N) is 1. The largest absolute Gasteiger partial charge is 0.492 e. The van der Waals surface area contributed by atoms with Crippen LogP contribution in [-0.4, -0.2) is 25.2 Å². The molecule has 0 unspecified atom stereocenters. The molecular formula is C19H22FNO3. The summed E-state index contributed by atoms with van der Waals surface area (Å²) in [5.74, 6) is 0.0293. The summed E-state index contributed by atoms with van der Waals surface area (Å²) in [5, 5.41) is 2.71. The van der Waals surface area contributed by atoms with Crippen molar-refractivity contribution in [2.75, 3.05) is 13.2 Å². The highest BCUT2D eigenvalue weighted by Crippen LogP contribution is 2.17. The van der Waals surface area contributed by atoms with Crippen LogP contribution in [0.2, 0.25) is 0 Å². The van der Waals surface area contributed by atoms with E-state index in [0.717, 1.165) is 16.9 Å². The first kappa shape index (κ1) is 17.8. The average Bonchev–Trinajstić information content (AvgIpc) is 2.52. The molecule has 0 aliphatic rings. The van der Waals surface area contributed by atoms with Crippen LogP contribution in [0.25, 0.3) is 0 Å². The fraction of sp³-hybridized carbons (Fsp3) is 0.316. The minimum Gasteiger partial charge on any atom is -0.492 e. The molecule has 2 rings (SSSR count). The molecule has 1 amide bonds. The summed E-state index contributed by atoms with van der Waals surface area (Å²) in [7, 11) is 0. The van der Waals surface area contributed by atoms with Gasteiger partial charge in [-0.05, 0) is 56.2 Å². The number of para-hydroxylation sites is 1. The van der Waals surface area contributed by atoms with Gasteiger partial charge in [-0.1, -0.05) is 18.2 Å². The number of aryl methyl sites for hydroxylation is 2. The molecule has 2 aromatic rings. The van der Waals surface area contributed by atoms with Crippen molar-refractivity contribution in [3.8, 4) is 11.5 Å². The molecular weight excluding hydrogens is 309 g/mol. The molecule has 0 aromatic heterocycles. The first-order chi connectivity index (χ1) is 11.5. The van der Waals surface area contributed by atoms with Crippen LogP contribution >= 0.6 is 0 Å². The fourth-order valence-corrected chi connectivity index (χ4v) is 2.29. The lowest BCUT2D eigenvalue weighted by molar-refractivity contribution is -0.127. The Morgan fingerprint density at radius 3 is 2.50 bits per heavy atom. The van der Waals surface area contributed by atoms with Crippen LogP contribution in [0, 0.1) is 19.7 Å². The third-order valence-electron chi connectivity index (χ3n) is 3.37. The second-order valence-corrected chi connectivity index (χ2v) is 5.65. The summed E-state index contributed by atoms with van der Waals surface area (Å²) in [5.41, 5.74) is 2.25. The van der Waals surface area contributed by atoms with E-state index in [2.05, 4.69) is 11.4 Å². The number of carbonyl (C=O) groups is 1. The molecule has 0 aliphatic heterocycles. The zero-order valence-corrected chi connectivity index (χ0v) is 14.1. The smallest absolute Gasteiger partial charge is 0.260 e. The van der Waals surface area contributed by atoms with Crippen molar-refractivity contribution in [2.45, 2.75) is 26.9 Å². The van der Waals surface area contributed by atoms with Gasteiger partial charge in [-0.2, -0.15) is 0 Å². The summed E-state index contributed by atoms with van der Waals surface area (Å²) >= 11 is 0. The Balaban J connectivity index is 1.75. The normalized spacial score (nSPS) is 11.7. The van der Waals surface area contributed by atoms with Gasteiger partial charge in [0.25, 0.3) is 5.91 Å². The highest BCUT2D eigenvalue weighted by molar-refractivity contribution is 5.80. The van der Waals surface area contributed by atoms with E-state index in [1.165, 1.54) is 12.1 Å². The molecule has 0 fully saturated rings. The lowest BCUT2D eigenvalue weighted by Gasteiger charge is -2.15. The third-order valence-corrected chi connectivity index (χ3v) is 3.37. The van der Waals surface area contributed by atoms with Crippen molar-refractivity contribution in [3.05, 3.63) is 59.4 Å². The van der Waals surface area contributed by atoms with Crippen LogP contribution in [0.1, 0.15) is 18.1 Å². The van der Waals surface area contributed by atoms with Crippen molar-refractivity contribution in [3.63, 3.8) is 0 Å². The number of hydrogen-bond acceptors (Lipinski definition) is 3. The van der Waals surface area contributed by atoms with E-state index in [0.29, 0.717) is 13.2 Å². The lowest BCUT2D eigenvalue weighted by atomic mass is 10.1. The second-order valence-electron chi connectivity index (χ2n) is 5.65. The maximum absolute atomic E-state index is 13.5. The van der Waals surface area contributed by atoms with E-state index >= 15 is 0 Å². The molecule has 2 aromatic carbocycles. The van der Waals surface area contributed by atoms with E-state index in [1.807, 2.05) is 26.0 Å². The predicted octanol–water partition coefficient (Wildman–Crippen LogP) is 3.41. The quantitative estimate of drug-likeness (QED) is 0.791. The van der Waals surface area contributed by atoms with Crippen molar-refractivity contribution in [1.29, 1.82) is 0 Å². The maximum Gasteiger partial charge on any atom is 0.260 e. The van der Waals surface area contributed by atoms with Gasteiger partial charge in [0.1, 0.15) is 12.4 Å². The predicted molar refractivity (Wildman–Crippen MR) is 90.9 cm³/mol. The molecule has 1 atom stereocenters. The third kappa shape index (κ3) is 5.26. The minimum absolute atomic E-state index is 0.0617. The molecule has 0 radical (unpaired) electrons. The van der Waals surface area contributed by atoms with Crippen LogP contribution < -0.4 is 14.8 Å². The standard InChI is InChI=1S/C19H22FNO3/c1-13-10-14(2)12-16(11-13)23-9-8-21-19(22)15(3)24-18-7-5-4-6-17(18)20/h4-7,10-12,15H,8-9H2,1-3H3,(H,21,22)/t15-/m1/s1. The van der Waals surface area contributed by atoms with Gasteiger partial charge < -0.3 is 14.8 Å². The lowest BCUT2D eigenvalue weighted by Crippen LogP contribution is -2.38. The Morgan fingerprint density at radius 2 is 1.83 bits per heavy atom. The summed E-state index contributed by atoms with van der Waals surface area (Å²) < 4.78 is 24.4. The van der Waals surface area contributed by atoms with Gasteiger partial charge in [0, 0.05) is 0 Å². The van der Waals surface area contributed by atoms with Gasteiger partial charge in [-0.15, -0.1) is 0 Å². The van der Waals surface area contributed by atoms with Gasteiger partial charge in [0.2, 0.25) is 0 Å². The first-order valence-corrected chi connectivity index (χ1v) is 7.85. The van der Waals surface area contributed by atoms with Crippen LogP contribution in [0.4, 0.5) is 4.39 Å². The number of halogens is 1. The van der Waals surface area contributed by atoms with Gasteiger partial charge in [-0.3, -0.25) is 4.79 Å². The summed E-state index contributed by atoms with van der Waals surface area (Å²) in [6.07, 6.45) is -0.789. The average molecular weight is 331 g/mol. The Labute approximate surface area is 141 Å². The van der Waals surface area contributed by atoms with Gasteiger partial charge in [0.05, 0.1) is 6.54 Å². The van der Waals surface area contributed by atoms with E-state index in [4.69, 9.17) is 9.47 Å². The topological polar surface area (TPSA) is 47.6 Å². The molecule has 0 heterocycles. The molecule has 0 aliphatic carbocycles. The molecule has 128 valence electrons. The first-order valence-electron chi connectivity index (χ1n) is 7.85. The number of carbonyl (C=O) groups excluding carboxylic acids is 1. The zero-order valence-electron chi connectivity index (χ0n) is 14.1. The van der Waals surface area contributed by atoms with Crippen LogP contribution in [-0.2, 0) is 4.79 Å². The van der Waals surface area contributed by atoms with Crippen molar-refractivity contribution in [2.24, 2.45) is 0 Å². The number of rotatable bonds is 7. The zero-order chi connectivity index (χ0) is 17.5. The van der Waals surface area contributed by atoms with Crippen LogP contribution in [0.3, 0.4) is 0 Å². The highest BCUT2D eigenvalue weighted by Gasteiger charge is 2.15. The number of hydrogen-bond donors (Lipinski definition) is 1. The van der Waals surface area contributed by atoms with E-state index in [1.54, 1.807) is 19.1 Å². The molecule has 0 saturated carbocycles. The van der Waals surface area contributed by atoms with Crippen molar-refractivity contribution >= 4 is 5.91 Å². The summed E-state index contributed by atoms with van der Waals surface area (Å²) in [6, 6.07) is 12.0. The number of ether oxygens (including phenoxy) is 2. The van der Waals surface area contributed by atoms with E-state index < -0.39 is 11.9 Å². The van der Waals surface area contributed by atoms with Crippen molar-refractivity contribution in [1.82, 2.24) is 5.32 Å². The van der Waals surface area contributed by atoms with Gasteiger partial charge in [-0.25, -0.2) is 4.39 Å².